The number of anilines is 1. The number of aliphatic imine (C=N–C) groups is 1. The summed E-state index contributed by atoms with van der Waals surface area (Å²) < 4.78 is 1.72. The first-order valence-electron chi connectivity index (χ1n) is 13.1. The number of hydrogen-bond donors (Lipinski definition) is 4. The minimum Gasteiger partial charge on any atom is -0.383 e. The van der Waals surface area contributed by atoms with Crippen molar-refractivity contribution < 1.29 is 4.79 Å². The van der Waals surface area contributed by atoms with Gasteiger partial charge in [0.15, 0.2) is 17.3 Å². The minimum atomic E-state index is -0.282. The average molecular weight is 502 g/mol. The fourth-order valence-corrected chi connectivity index (χ4v) is 5.32. The lowest BCUT2D eigenvalue weighted by atomic mass is 9.87. The lowest BCUT2D eigenvalue weighted by Crippen LogP contribution is -2.30. The van der Waals surface area contributed by atoms with Gasteiger partial charge in [0.1, 0.15) is 12.2 Å². The average Bonchev–Trinajstić information content (AvgIpc) is 3.41. The van der Waals surface area contributed by atoms with Crippen molar-refractivity contribution in [3.63, 3.8) is 0 Å². The van der Waals surface area contributed by atoms with E-state index in [-0.39, 0.29) is 24.0 Å². The zero-order valence-corrected chi connectivity index (χ0v) is 21.4. The first-order chi connectivity index (χ1) is 17.9. The molecule has 10 heteroatoms. The highest BCUT2D eigenvalue weighted by molar-refractivity contribution is 6.39. The third-order valence-electron chi connectivity index (χ3n) is 7.46. The number of aromatic nitrogens is 4. The highest BCUT2D eigenvalue weighted by atomic mass is 16.1. The smallest absolute Gasteiger partial charge is 0.198 e. The molecule has 10 nitrogen and oxygen atoms in total. The Morgan fingerprint density at radius 2 is 2.11 bits per heavy atom. The maximum absolute atomic E-state index is 13.0. The van der Waals surface area contributed by atoms with Crippen LogP contribution in [0.15, 0.2) is 29.5 Å². The molecule has 194 valence electrons. The molecule has 2 atom stereocenters. The largest absolute Gasteiger partial charge is 0.383 e. The normalized spacial score (nSPS) is 19.0. The molecule has 2 aliphatic rings. The van der Waals surface area contributed by atoms with Crippen LogP contribution in [0.1, 0.15) is 87.1 Å². The van der Waals surface area contributed by atoms with Gasteiger partial charge in [-0.1, -0.05) is 19.9 Å². The molecule has 0 radical (unpaired) electrons. The van der Waals surface area contributed by atoms with E-state index in [1.165, 1.54) is 0 Å². The van der Waals surface area contributed by atoms with Crippen molar-refractivity contribution in [2.24, 2.45) is 10.7 Å². The van der Waals surface area contributed by atoms with Crippen LogP contribution >= 0.6 is 0 Å². The molecule has 1 aliphatic carbocycles. The van der Waals surface area contributed by atoms with Gasteiger partial charge >= 0.3 is 0 Å². The van der Waals surface area contributed by atoms with Crippen LogP contribution in [-0.4, -0.2) is 50.1 Å². The molecule has 0 amide bonds. The van der Waals surface area contributed by atoms with Crippen molar-refractivity contribution >= 4 is 29.4 Å². The molecule has 6 N–H and O–H groups in total. The van der Waals surface area contributed by atoms with E-state index in [0.29, 0.717) is 29.3 Å². The Bertz CT molecular complexity index is 1330. The summed E-state index contributed by atoms with van der Waals surface area (Å²) in [4.78, 5) is 26.5. The fourth-order valence-electron chi connectivity index (χ4n) is 5.32. The van der Waals surface area contributed by atoms with Gasteiger partial charge in [-0.3, -0.25) is 15.2 Å². The Kier molecular flexibility index (Phi) is 7.01. The second-order valence-electron chi connectivity index (χ2n) is 10.5. The van der Waals surface area contributed by atoms with Gasteiger partial charge in [-0.2, -0.15) is 9.61 Å². The van der Waals surface area contributed by atoms with E-state index in [0.717, 1.165) is 73.1 Å². The van der Waals surface area contributed by atoms with Gasteiger partial charge in [0.25, 0.3) is 0 Å². The number of nitrogens with one attached hydrogen (secondary N) is 2. The van der Waals surface area contributed by atoms with Gasteiger partial charge in [-0.05, 0) is 56.6 Å². The molecule has 1 saturated heterocycles. The van der Waals surface area contributed by atoms with Crippen LogP contribution in [0.4, 0.5) is 5.82 Å². The second kappa shape index (κ2) is 10.4. The first-order valence-corrected chi connectivity index (χ1v) is 13.1. The number of hydrogen-bond acceptors (Lipinski definition) is 7. The van der Waals surface area contributed by atoms with Gasteiger partial charge in [0, 0.05) is 47.0 Å². The van der Waals surface area contributed by atoms with Gasteiger partial charge in [0.05, 0.1) is 11.9 Å². The van der Waals surface area contributed by atoms with Crippen molar-refractivity contribution in [3.8, 4) is 11.1 Å². The number of nitrogen functional groups attached to an aromatic ring is 1. The quantitative estimate of drug-likeness (QED) is 0.244. The van der Waals surface area contributed by atoms with Crippen LogP contribution in [0.3, 0.4) is 0 Å². The monoisotopic (exact) mass is 501 g/mol. The molecule has 0 spiro atoms. The maximum atomic E-state index is 13.0. The van der Waals surface area contributed by atoms with Crippen LogP contribution in [-0.2, 0) is 4.79 Å². The number of nitrogens with zero attached hydrogens (tertiary/aromatic N) is 5. The van der Waals surface area contributed by atoms with Gasteiger partial charge in [0.2, 0.25) is 0 Å². The Balaban J connectivity index is 1.62. The summed E-state index contributed by atoms with van der Waals surface area (Å²) in [5, 5.41) is 15.3. The summed E-state index contributed by atoms with van der Waals surface area (Å²) in [6.07, 6.45) is 9.61. The number of carbonyl (C=O) groups excluding carboxylic acids is 1. The van der Waals surface area contributed by atoms with Crippen molar-refractivity contribution in [2.45, 2.75) is 76.2 Å². The van der Waals surface area contributed by atoms with Crippen molar-refractivity contribution in [1.82, 2.24) is 24.9 Å². The summed E-state index contributed by atoms with van der Waals surface area (Å²) in [6, 6.07) is 4.37. The number of Topliss-reactive ketones (excluding diaryl/α,β-unsaturated/α-hetero) is 1. The van der Waals surface area contributed by atoms with Crippen molar-refractivity contribution in [2.75, 3.05) is 12.3 Å². The first kappa shape index (κ1) is 25.0. The molecule has 4 heterocycles. The summed E-state index contributed by atoms with van der Waals surface area (Å²) in [5.74, 6) is 0.616. The van der Waals surface area contributed by atoms with Gasteiger partial charge in [-0.25, -0.2) is 9.98 Å². The van der Waals surface area contributed by atoms with Crippen LogP contribution < -0.4 is 16.8 Å². The van der Waals surface area contributed by atoms with Crippen molar-refractivity contribution in [3.05, 3.63) is 41.5 Å². The molecular weight excluding hydrogens is 466 g/mol. The number of nitrogens with two attached hydrogens (primary N) is 2. The van der Waals surface area contributed by atoms with E-state index in [9.17, 15) is 4.79 Å². The van der Waals surface area contributed by atoms with Gasteiger partial charge < -0.3 is 16.8 Å². The predicted molar refractivity (Wildman–Crippen MR) is 145 cm³/mol. The molecule has 1 saturated carbocycles. The summed E-state index contributed by atoms with van der Waals surface area (Å²) in [7, 11) is 0. The third-order valence-corrected chi connectivity index (χ3v) is 7.46. The van der Waals surface area contributed by atoms with E-state index in [4.69, 9.17) is 21.9 Å². The summed E-state index contributed by atoms with van der Waals surface area (Å²) in [6.45, 7) is 5.20. The highest BCUT2D eigenvalue weighted by Crippen LogP contribution is 2.47. The number of pyridine rings is 1. The molecule has 2 unspecified atom stereocenters. The molecule has 5 rings (SSSR count). The molecule has 0 aromatic carbocycles. The number of rotatable bonds is 10. The maximum Gasteiger partial charge on any atom is 0.198 e. The fraction of sp³-hybridized carbons (Fsp3) is 0.481. The lowest BCUT2D eigenvalue weighted by molar-refractivity contribution is -0.113. The van der Waals surface area contributed by atoms with Crippen LogP contribution in [0.5, 0.6) is 0 Å². The number of fused-ring (bicyclic) bond motifs is 1. The lowest BCUT2D eigenvalue weighted by Gasteiger charge is -2.24. The SMILES string of the molecule is CC(C)c1ccc(-c2cnn3c(N)c(C4CC4)c(C(CC(=O)C(N)=NC=N)CC4CCCN4)nc23)cn1. The third kappa shape index (κ3) is 5.11. The zero-order valence-electron chi connectivity index (χ0n) is 21.4. The van der Waals surface area contributed by atoms with E-state index in [2.05, 4.69) is 34.2 Å². The standard InChI is InChI=1S/C27H35N9O/c1-15(2)21-8-7-17(12-32-21)20-13-34-36-26(30)23(16-5-6-16)24(35-27(20)36)18(10-19-4-3-9-31-19)11-22(37)25(29)33-14-28/h7-8,12-16,18-19,31H,3-6,9-11,30H2,1-2H3,(H3,28,29,33). The Hall–Kier alpha value is -3.66. The molecule has 0 bridgehead atoms. The van der Waals surface area contributed by atoms with Crippen LogP contribution in [0.25, 0.3) is 16.8 Å². The molecule has 3 aromatic rings. The van der Waals surface area contributed by atoms with Crippen LogP contribution in [0.2, 0.25) is 0 Å². The zero-order chi connectivity index (χ0) is 26.1. The Labute approximate surface area is 216 Å². The predicted octanol–water partition coefficient (Wildman–Crippen LogP) is 3.52. The molecular formula is C27H35N9O. The number of carbonyl (C=O) groups is 1. The number of amidine groups is 1. The molecule has 3 aromatic heterocycles. The molecule has 1 aliphatic heterocycles. The molecule has 2 fully saturated rings. The van der Waals surface area contributed by atoms with E-state index in [1.54, 1.807) is 10.7 Å². The van der Waals surface area contributed by atoms with Gasteiger partial charge in [-0.15, -0.1) is 0 Å². The van der Waals surface area contributed by atoms with Crippen LogP contribution in [0, 0.1) is 5.41 Å². The van der Waals surface area contributed by atoms with E-state index in [1.807, 2.05) is 18.3 Å². The van der Waals surface area contributed by atoms with Crippen molar-refractivity contribution in [1.29, 1.82) is 5.41 Å². The second-order valence-corrected chi connectivity index (χ2v) is 10.5. The summed E-state index contributed by atoms with van der Waals surface area (Å²) >= 11 is 0. The highest BCUT2D eigenvalue weighted by Gasteiger charge is 2.36. The Morgan fingerprint density at radius 3 is 2.73 bits per heavy atom. The molecule has 37 heavy (non-hydrogen) atoms. The minimum absolute atomic E-state index is 0.150. The summed E-state index contributed by atoms with van der Waals surface area (Å²) in [5.41, 5.74) is 17.9. The number of ketones is 1. The topological polar surface area (TPSA) is 160 Å². The van der Waals surface area contributed by atoms with E-state index < -0.39 is 0 Å². The van der Waals surface area contributed by atoms with E-state index >= 15 is 0 Å². The Morgan fingerprint density at radius 1 is 1.30 bits per heavy atom.